The van der Waals surface area contributed by atoms with Crippen molar-refractivity contribution in [3.05, 3.63) is 0 Å². The molecule has 0 aromatic heterocycles. The number of ketones is 1. The minimum absolute atomic E-state index is 0.0625. The molecule has 4 saturated carbocycles. The Labute approximate surface area is 177 Å². The number of hydrogen-bond donors (Lipinski definition) is 0. The van der Waals surface area contributed by atoms with Crippen molar-refractivity contribution in [2.75, 3.05) is 7.11 Å². The largest absolute Gasteiger partial charge is 0.469 e. The van der Waals surface area contributed by atoms with Crippen LogP contribution >= 0.6 is 0 Å². The molecule has 0 saturated heterocycles. The van der Waals surface area contributed by atoms with Crippen molar-refractivity contribution in [1.82, 2.24) is 0 Å². The highest BCUT2D eigenvalue weighted by Gasteiger charge is 2.61. The predicted molar refractivity (Wildman–Crippen MR) is 115 cm³/mol. The summed E-state index contributed by atoms with van der Waals surface area (Å²) in [4.78, 5) is 24.1. The maximum absolute atomic E-state index is 12.4. The minimum Gasteiger partial charge on any atom is -0.469 e. The third-order valence-corrected chi connectivity index (χ3v) is 10.8. The molecule has 0 radical (unpaired) electrons. The maximum atomic E-state index is 12.4. The average Bonchev–Trinajstić information content (AvgIpc) is 3.06. The monoisotopic (exact) mass is 402 g/mol. The van der Waals surface area contributed by atoms with Gasteiger partial charge in [0.2, 0.25) is 0 Å². The van der Waals surface area contributed by atoms with E-state index in [-0.39, 0.29) is 11.9 Å². The molecule has 0 amide bonds. The number of esters is 1. The van der Waals surface area contributed by atoms with Crippen molar-refractivity contribution in [2.45, 2.75) is 91.9 Å². The molecule has 4 fully saturated rings. The smallest absolute Gasteiger partial charge is 0.305 e. The molecule has 0 N–H and O–H groups in total. The van der Waals surface area contributed by atoms with Gasteiger partial charge in [-0.05, 0) is 97.7 Å². The van der Waals surface area contributed by atoms with Gasteiger partial charge in [0, 0.05) is 18.8 Å². The molecule has 0 aliphatic heterocycles. The summed E-state index contributed by atoms with van der Waals surface area (Å²) >= 11 is 0. The number of methoxy groups -OCH3 is 1. The molecular weight excluding hydrogens is 360 g/mol. The quantitative estimate of drug-likeness (QED) is 0.538. The Kier molecular flexibility index (Phi) is 5.66. The topological polar surface area (TPSA) is 43.4 Å². The van der Waals surface area contributed by atoms with Crippen LogP contribution in [0.2, 0.25) is 0 Å². The molecule has 0 aromatic carbocycles. The lowest BCUT2D eigenvalue weighted by molar-refractivity contribution is -0.150. The van der Waals surface area contributed by atoms with E-state index in [1.807, 2.05) is 0 Å². The maximum Gasteiger partial charge on any atom is 0.305 e. The van der Waals surface area contributed by atoms with E-state index in [2.05, 4.69) is 27.7 Å². The lowest BCUT2D eigenvalue weighted by atomic mass is 9.43. The molecule has 3 heteroatoms. The van der Waals surface area contributed by atoms with Crippen LogP contribution in [0.4, 0.5) is 0 Å². The summed E-state index contributed by atoms with van der Waals surface area (Å²) in [6.45, 7) is 9.72. The summed E-state index contributed by atoms with van der Waals surface area (Å²) in [5.74, 6) is 5.21. The van der Waals surface area contributed by atoms with Gasteiger partial charge >= 0.3 is 5.97 Å². The first-order chi connectivity index (χ1) is 13.7. The molecule has 4 aliphatic carbocycles. The molecule has 0 heterocycles. The summed E-state index contributed by atoms with van der Waals surface area (Å²) in [6, 6.07) is 0. The van der Waals surface area contributed by atoms with Gasteiger partial charge in [0.05, 0.1) is 7.11 Å². The van der Waals surface area contributed by atoms with Crippen LogP contribution in [-0.4, -0.2) is 18.9 Å². The third-order valence-electron chi connectivity index (χ3n) is 10.8. The van der Waals surface area contributed by atoms with Crippen LogP contribution in [0.25, 0.3) is 0 Å². The number of rotatable bonds is 4. The molecule has 0 aromatic rings. The molecule has 3 nitrogen and oxygen atoms in total. The Hall–Kier alpha value is -0.860. The standard InChI is InChI=1S/C26H42O3/c1-16(6-11-24(28)29-5)19-9-10-21-18-7-8-20-17(2)23(27)13-15-26(20,4)22(18)12-14-25(19,21)3/h16-22H,6-15H2,1-5H3/t16-,17-,18+,19-,20-,21+,22+,25-,26+/m1/s1. The van der Waals surface area contributed by atoms with Crippen molar-refractivity contribution in [1.29, 1.82) is 0 Å². The molecule has 4 aliphatic rings. The number of hydrogen-bond acceptors (Lipinski definition) is 3. The predicted octanol–water partition coefficient (Wildman–Crippen LogP) is 6.05. The molecule has 0 unspecified atom stereocenters. The summed E-state index contributed by atoms with van der Waals surface area (Å²) < 4.78 is 4.88. The molecule has 4 rings (SSSR count). The summed E-state index contributed by atoms with van der Waals surface area (Å²) in [6.07, 6.45) is 11.5. The van der Waals surface area contributed by atoms with Gasteiger partial charge in [0.15, 0.2) is 0 Å². The van der Waals surface area contributed by atoms with Crippen molar-refractivity contribution in [2.24, 2.45) is 52.3 Å². The Balaban J connectivity index is 1.51. The molecule has 0 spiro atoms. The van der Waals surface area contributed by atoms with E-state index in [4.69, 9.17) is 4.74 Å². The van der Waals surface area contributed by atoms with Crippen LogP contribution in [0, 0.1) is 52.3 Å². The van der Waals surface area contributed by atoms with Crippen molar-refractivity contribution < 1.29 is 14.3 Å². The summed E-state index contributed by atoms with van der Waals surface area (Å²) in [7, 11) is 1.50. The van der Waals surface area contributed by atoms with Gasteiger partial charge in [-0.15, -0.1) is 0 Å². The highest BCUT2D eigenvalue weighted by Crippen LogP contribution is 2.68. The van der Waals surface area contributed by atoms with Gasteiger partial charge < -0.3 is 4.74 Å². The highest BCUT2D eigenvalue weighted by atomic mass is 16.5. The average molecular weight is 403 g/mol. The number of carbonyl (C=O) groups excluding carboxylic acids is 2. The molecular formula is C26H42O3. The second kappa shape index (κ2) is 7.68. The summed E-state index contributed by atoms with van der Waals surface area (Å²) in [5.41, 5.74) is 0.822. The van der Waals surface area contributed by atoms with Gasteiger partial charge in [-0.25, -0.2) is 0 Å². The fourth-order valence-corrected chi connectivity index (χ4v) is 9.15. The molecule has 29 heavy (non-hydrogen) atoms. The highest BCUT2D eigenvalue weighted by molar-refractivity contribution is 5.82. The van der Waals surface area contributed by atoms with Gasteiger partial charge in [-0.2, -0.15) is 0 Å². The Morgan fingerprint density at radius 2 is 1.72 bits per heavy atom. The minimum atomic E-state index is -0.0625. The van der Waals surface area contributed by atoms with E-state index in [9.17, 15) is 9.59 Å². The number of ether oxygens (including phenoxy) is 1. The van der Waals surface area contributed by atoms with E-state index in [0.717, 1.165) is 42.9 Å². The SMILES string of the molecule is COC(=O)CC[C@@H](C)[C@H]1CC[C@H]2[C@@H]3CC[C@@H]4[C@@H](C)C(=O)CC[C@]4(C)[C@H]3CC[C@]12C. The molecule has 0 bridgehead atoms. The van der Waals surface area contributed by atoms with Crippen LogP contribution in [0.5, 0.6) is 0 Å². The van der Waals surface area contributed by atoms with E-state index < -0.39 is 0 Å². The summed E-state index contributed by atoms with van der Waals surface area (Å²) in [5, 5.41) is 0. The first-order valence-electron chi connectivity index (χ1n) is 12.3. The Morgan fingerprint density at radius 1 is 1.03 bits per heavy atom. The van der Waals surface area contributed by atoms with Crippen molar-refractivity contribution in [3.63, 3.8) is 0 Å². The van der Waals surface area contributed by atoms with Crippen LogP contribution < -0.4 is 0 Å². The number of carbonyl (C=O) groups is 2. The van der Waals surface area contributed by atoms with Crippen LogP contribution in [0.15, 0.2) is 0 Å². The van der Waals surface area contributed by atoms with Crippen LogP contribution in [-0.2, 0) is 14.3 Å². The third kappa shape index (κ3) is 3.30. The second-order valence-corrected chi connectivity index (χ2v) is 11.6. The lowest BCUT2D eigenvalue weighted by Crippen LogP contribution is -2.55. The van der Waals surface area contributed by atoms with Crippen LogP contribution in [0.3, 0.4) is 0 Å². The van der Waals surface area contributed by atoms with Gasteiger partial charge in [-0.3, -0.25) is 9.59 Å². The van der Waals surface area contributed by atoms with E-state index in [0.29, 0.717) is 34.9 Å². The fourth-order valence-electron chi connectivity index (χ4n) is 9.15. The normalized spacial score (nSPS) is 47.7. The van der Waals surface area contributed by atoms with E-state index >= 15 is 0 Å². The fraction of sp³-hybridized carbons (Fsp3) is 0.923. The van der Waals surface area contributed by atoms with E-state index in [1.54, 1.807) is 0 Å². The zero-order valence-electron chi connectivity index (χ0n) is 19.3. The molecule has 9 atom stereocenters. The molecule has 164 valence electrons. The first-order valence-corrected chi connectivity index (χ1v) is 12.3. The first kappa shape index (κ1) is 21.4. The van der Waals surface area contributed by atoms with Crippen molar-refractivity contribution >= 4 is 11.8 Å². The van der Waals surface area contributed by atoms with Gasteiger partial charge in [-0.1, -0.05) is 27.7 Å². The zero-order chi connectivity index (χ0) is 21.0. The Morgan fingerprint density at radius 3 is 2.45 bits per heavy atom. The number of fused-ring (bicyclic) bond motifs is 5. The lowest BCUT2D eigenvalue weighted by Gasteiger charge is -2.61. The van der Waals surface area contributed by atoms with Crippen molar-refractivity contribution in [3.8, 4) is 0 Å². The zero-order valence-corrected chi connectivity index (χ0v) is 19.3. The second-order valence-electron chi connectivity index (χ2n) is 11.6. The number of Topliss-reactive ketones (excluding diaryl/α,β-unsaturated/α-hetero) is 1. The van der Waals surface area contributed by atoms with Crippen LogP contribution in [0.1, 0.15) is 91.9 Å². The van der Waals surface area contributed by atoms with Gasteiger partial charge in [0.1, 0.15) is 5.78 Å². The van der Waals surface area contributed by atoms with Gasteiger partial charge in [0.25, 0.3) is 0 Å². The van der Waals surface area contributed by atoms with E-state index in [1.165, 1.54) is 45.6 Å². The Bertz CT molecular complexity index is 656.